The second-order valence-electron chi connectivity index (χ2n) is 20.3. The Labute approximate surface area is 250 Å². The number of pyridine rings is 2. The van der Waals surface area contributed by atoms with Crippen molar-refractivity contribution in [2.45, 2.75) is 91.3 Å². The normalized spacial score (nSPS) is 60.8. The number of hydrogen-bond donors (Lipinski definition) is 0. The van der Waals surface area contributed by atoms with Crippen LogP contribution in [0.25, 0.3) is 21.8 Å². The van der Waals surface area contributed by atoms with E-state index in [1.807, 2.05) is 0 Å². The number of benzene rings is 2. The Morgan fingerprint density at radius 2 is 1.19 bits per heavy atom. The Hall–Kier alpha value is -1.14. The Morgan fingerprint density at radius 1 is 0.721 bits per heavy atom. The van der Waals surface area contributed by atoms with Crippen molar-refractivity contribution >= 4 is 48.4 Å². The first-order valence-electron chi connectivity index (χ1n) is 16.6. The molecule has 14 rings (SSSR count). The molecule has 2 nitrogen and oxygen atoms in total. The first-order chi connectivity index (χ1) is 20.2. The molecule has 0 N–H and O–H groups in total. The van der Waals surface area contributed by atoms with Gasteiger partial charge in [0, 0.05) is 0 Å². The third kappa shape index (κ3) is 0.547. The maximum atomic E-state index is 5.72. The molecule has 222 valence electrons. The van der Waals surface area contributed by atoms with Crippen molar-refractivity contribution in [2.75, 3.05) is 6.16 Å². The average molecular weight is 661 g/mol. The molecule has 12 heterocycles. The van der Waals surface area contributed by atoms with Crippen molar-refractivity contribution in [1.82, 2.24) is 9.97 Å². The zero-order valence-corrected chi connectivity index (χ0v) is 30.4. The molecule has 4 aromatic rings. The Kier molecular flexibility index (Phi) is 1.87. The van der Waals surface area contributed by atoms with Crippen LogP contribution < -0.4 is 0 Å². The fraction of sp³-hybridized carbons (Fsp3) is 0.514. The van der Waals surface area contributed by atoms with Gasteiger partial charge in [-0.1, -0.05) is 0 Å². The van der Waals surface area contributed by atoms with Crippen LogP contribution in [0.1, 0.15) is 32.2 Å². The second-order valence-corrected chi connectivity index (χ2v) is 50.0. The molecule has 10 saturated heterocycles. The summed E-state index contributed by atoms with van der Waals surface area (Å²) in [5.74, 6) is 0. The summed E-state index contributed by atoms with van der Waals surface area (Å²) >= 11 is 0. The molecule has 1 spiro atoms. The van der Waals surface area contributed by atoms with E-state index < -0.39 is 14.6 Å². The molecule has 0 amide bonds. The molecule has 0 bridgehead atoms. The molecule has 43 heavy (non-hydrogen) atoms. The molecule has 0 aliphatic carbocycles. The summed E-state index contributed by atoms with van der Waals surface area (Å²) in [6, 6.07) is 27.3. The van der Waals surface area contributed by atoms with Crippen LogP contribution >= 0.6 is 18.5 Å². The van der Waals surface area contributed by atoms with E-state index in [-0.39, 0.29) is 5.16 Å². The molecule has 2 aromatic heterocycles. The summed E-state index contributed by atoms with van der Waals surface area (Å²) in [6.07, 6.45) is 1.35. The van der Waals surface area contributed by atoms with Gasteiger partial charge in [0.2, 0.25) is 0 Å². The number of nitrogens with zero attached hydrogens (tertiary/aromatic N) is 2. The summed E-state index contributed by atoms with van der Waals surface area (Å²) < 4.78 is 2.27. The van der Waals surface area contributed by atoms with Gasteiger partial charge < -0.3 is 0 Å². The number of aromatic nitrogens is 2. The monoisotopic (exact) mass is 660 g/mol. The van der Waals surface area contributed by atoms with E-state index in [1.54, 1.807) is 0 Å². The van der Waals surface area contributed by atoms with Crippen molar-refractivity contribution in [2.24, 2.45) is 5.41 Å². The van der Waals surface area contributed by atoms with Crippen LogP contribution in [0, 0.1) is 5.41 Å². The van der Waals surface area contributed by atoms with Gasteiger partial charge in [0.05, 0.1) is 0 Å². The van der Waals surface area contributed by atoms with E-state index >= 15 is 0 Å². The van der Waals surface area contributed by atoms with E-state index in [2.05, 4.69) is 132 Å². The molecular weight excluding hydrogens is 618 g/mol. The molecule has 6 heteroatoms. The molecular formula is C37H42FeN2P2Si. The van der Waals surface area contributed by atoms with E-state index in [1.165, 1.54) is 28.3 Å². The van der Waals surface area contributed by atoms with Crippen LogP contribution in [-0.2, 0) is 11.7 Å². The van der Waals surface area contributed by atoms with Gasteiger partial charge in [-0.15, -0.1) is 0 Å². The van der Waals surface area contributed by atoms with Crippen LogP contribution in [-0.4, -0.2) is 24.2 Å². The standard InChI is InChI=1S/C32H37N2P2Si.C5H5.Fe/c1-31(2,3)30-26(37(4,5)6)19-23(20-35)29(30)32(36,27-17-15-21-11-7-9-13-24(21)33-27)28-18-16-22-12-8-10-14-25(22)34-28;1-2-4-5-3-1;/h7-19H,20,35-36H2,1-6H3;1-5H;. The van der Waals surface area contributed by atoms with Gasteiger partial charge in [-0.25, -0.2) is 0 Å². The van der Waals surface area contributed by atoms with Gasteiger partial charge in [-0.05, 0) is 0 Å². The molecule has 10 aliphatic heterocycles. The van der Waals surface area contributed by atoms with Crippen LogP contribution in [0.4, 0.5) is 0 Å². The zero-order valence-electron chi connectivity index (χ0n) is 26.0. The van der Waals surface area contributed by atoms with Crippen LogP contribution in [0.5, 0.6) is 0 Å². The maximum absolute atomic E-state index is 5.72. The summed E-state index contributed by atoms with van der Waals surface area (Å²) in [6.45, 7) is 12.3. The minimum absolute atomic E-state index is 0.253. The van der Waals surface area contributed by atoms with Crippen molar-refractivity contribution < 1.29 is 6.51 Å². The Morgan fingerprint density at radius 3 is 1.58 bits per heavy atom. The van der Waals surface area contributed by atoms with E-state index in [9.17, 15) is 0 Å². The Balaban J connectivity index is 1.22. The van der Waals surface area contributed by atoms with Gasteiger partial charge >= 0.3 is 252 Å². The number of rotatable bonds is 5. The van der Waals surface area contributed by atoms with Gasteiger partial charge in [0.25, 0.3) is 0 Å². The van der Waals surface area contributed by atoms with E-state index in [4.69, 9.17) is 9.97 Å². The summed E-state index contributed by atoms with van der Waals surface area (Å²) in [7, 11) is 5.66. The second kappa shape index (κ2) is 3.47. The van der Waals surface area contributed by atoms with E-state index in [0.29, 0.717) is 18.4 Å². The molecule has 10 fully saturated rings. The number of para-hydroxylation sites is 2. The topological polar surface area (TPSA) is 25.8 Å². The molecule has 0 saturated carbocycles. The van der Waals surface area contributed by atoms with Gasteiger partial charge in [0.15, 0.2) is 0 Å². The summed E-state index contributed by atoms with van der Waals surface area (Å²) in [4.78, 5) is 18.3. The first kappa shape index (κ1) is 23.2. The molecule has 10 aliphatic rings. The Bertz CT molecular complexity index is 2490. The minimum atomic E-state index is -4.45. The SMILES string of the molecule is CC(C)(C)[C]12[C]3(C(P)(c4ccc5ccccc5n4)c4ccc5ccccc5n4)[C]4(CP)[CH]5[C]1([Si](C)(C)C)[Fe]54321678[CH]2[CH]1[CH]6[CH]7[CH]28. The fourth-order valence-corrected chi connectivity index (χ4v) is 145. The van der Waals surface area contributed by atoms with E-state index in [0.717, 1.165) is 43.9 Å². The van der Waals surface area contributed by atoms with Gasteiger partial charge in [-0.3, -0.25) is 0 Å². The molecule has 7 atom stereocenters. The third-order valence-corrected chi connectivity index (χ3v) is 78.8. The fourth-order valence-electron chi connectivity index (χ4n) is 27.1. The third-order valence-electron chi connectivity index (χ3n) is 22.4. The number of hydrogen-bond acceptors (Lipinski definition) is 2. The molecule has 0 radical (unpaired) electrons. The molecule has 7 unspecified atom stereocenters. The van der Waals surface area contributed by atoms with Crippen LogP contribution in [0.2, 0.25) is 65.4 Å². The number of fused-ring (bicyclic) bond motifs is 12. The van der Waals surface area contributed by atoms with Crippen LogP contribution in [0.3, 0.4) is 0 Å². The first-order valence-corrected chi connectivity index (χ1v) is 27.5. The van der Waals surface area contributed by atoms with Gasteiger partial charge in [-0.2, -0.15) is 0 Å². The quantitative estimate of drug-likeness (QED) is 0.157. The van der Waals surface area contributed by atoms with Crippen LogP contribution in [0.15, 0.2) is 72.8 Å². The summed E-state index contributed by atoms with van der Waals surface area (Å²) in [5, 5.41) is 2.25. The van der Waals surface area contributed by atoms with Crippen molar-refractivity contribution in [1.29, 1.82) is 0 Å². The summed E-state index contributed by atoms with van der Waals surface area (Å²) in [5.41, 5.74) is 5.21. The van der Waals surface area contributed by atoms with Gasteiger partial charge in [0.1, 0.15) is 0 Å². The van der Waals surface area contributed by atoms with Crippen molar-refractivity contribution in [3.63, 3.8) is 0 Å². The zero-order chi connectivity index (χ0) is 29.4. The molecule has 2 aromatic carbocycles. The van der Waals surface area contributed by atoms with Crippen molar-refractivity contribution in [3.8, 4) is 0 Å². The predicted octanol–water partition coefficient (Wildman–Crippen LogP) is 10.6. The average Bonchev–Trinajstić information content (AvgIpc) is 3.93. The van der Waals surface area contributed by atoms with Crippen molar-refractivity contribution in [3.05, 3.63) is 84.2 Å². The predicted molar refractivity (Wildman–Crippen MR) is 185 cm³/mol.